The van der Waals surface area contributed by atoms with E-state index in [4.69, 9.17) is 0 Å². The number of fused-ring (bicyclic) bond motifs is 1. The van der Waals surface area contributed by atoms with Crippen LogP contribution in [0.4, 0.5) is 13.2 Å². The number of hydrogen-bond donors (Lipinski definition) is 1. The summed E-state index contributed by atoms with van der Waals surface area (Å²) in [6.07, 6.45) is 1.44. The molecule has 2 aromatic heterocycles. The van der Waals surface area contributed by atoms with E-state index < -0.39 is 24.1 Å². The van der Waals surface area contributed by atoms with Crippen molar-refractivity contribution in [1.29, 1.82) is 0 Å². The van der Waals surface area contributed by atoms with Crippen LogP contribution in [0.3, 0.4) is 0 Å². The van der Waals surface area contributed by atoms with E-state index >= 15 is 0 Å². The summed E-state index contributed by atoms with van der Waals surface area (Å²) in [4.78, 5) is 28.2. The van der Waals surface area contributed by atoms with Gasteiger partial charge in [0.25, 0.3) is 5.91 Å². The van der Waals surface area contributed by atoms with E-state index in [2.05, 4.69) is 20.1 Å². The summed E-state index contributed by atoms with van der Waals surface area (Å²) >= 11 is 0. The molecule has 0 fully saturated rings. The summed E-state index contributed by atoms with van der Waals surface area (Å²) in [5.74, 6) is -2.45. The van der Waals surface area contributed by atoms with Gasteiger partial charge < -0.3 is 10.1 Å². The van der Waals surface area contributed by atoms with Crippen LogP contribution in [-0.4, -0.2) is 32.9 Å². The number of nitrogens with zero attached hydrogens (tertiary/aromatic N) is 3. The lowest BCUT2D eigenvalue weighted by molar-refractivity contribution is -0.0522. The molecule has 0 aliphatic rings. The van der Waals surface area contributed by atoms with Gasteiger partial charge in [-0.3, -0.25) is 9.59 Å². The largest absolute Gasteiger partial charge is 0.432 e. The third kappa shape index (κ3) is 4.05. The quantitative estimate of drug-likeness (QED) is 0.667. The molecule has 1 N–H and O–H groups in total. The fourth-order valence-electron chi connectivity index (χ4n) is 2.40. The first kappa shape index (κ1) is 18.4. The van der Waals surface area contributed by atoms with Crippen LogP contribution in [0.5, 0.6) is 5.75 Å². The van der Waals surface area contributed by atoms with Crippen LogP contribution in [0.25, 0.3) is 5.65 Å². The van der Waals surface area contributed by atoms with Crippen LogP contribution in [-0.2, 0) is 6.54 Å². The van der Waals surface area contributed by atoms with Crippen LogP contribution in [0.15, 0.2) is 36.5 Å². The van der Waals surface area contributed by atoms with Crippen molar-refractivity contribution < 1.29 is 27.5 Å². The number of halogens is 3. The van der Waals surface area contributed by atoms with Gasteiger partial charge in [-0.15, -0.1) is 0 Å². The Hall–Kier alpha value is -3.43. The number of carbonyl (C=O) groups is 2. The van der Waals surface area contributed by atoms with Crippen molar-refractivity contribution in [2.24, 2.45) is 0 Å². The molecule has 2 heterocycles. The zero-order chi connectivity index (χ0) is 19.6. The highest BCUT2D eigenvalue weighted by Gasteiger charge is 2.16. The Morgan fingerprint density at radius 2 is 2.04 bits per heavy atom. The standard InChI is InChI=1S/C17H13F3N4O3/c1-9(25)13-7-12(23-15-4-5-22-24(13)15)16(26)21-8-10-2-3-11(18)14(6-10)27-17(19)20/h2-7,17H,8H2,1H3,(H,21,26). The van der Waals surface area contributed by atoms with Crippen molar-refractivity contribution in [3.63, 3.8) is 0 Å². The molecule has 0 radical (unpaired) electrons. The van der Waals surface area contributed by atoms with Gasteiger partial charge in [0.15, 0.2) is 23.0 Å². The maximum Gasteiger partial charge on any atom is 0.387 e. The zero-order valence-corrected chi connectivity index (χ0v) is 13.9. The van der Waals surface area contributed by atoms with Crippen LogP contribution < -0.4 is 10.1 Å². The molecule has 10 heteroatoms. The molecule has 140 valence electrons. The molecule has 0 saturated heterocycles. The highest BCUT2D eigenvalue weighted by atomic mass is 19.3. The predicted molar refractivity (Wildman–Crippen MR) is 87.2 cm³/mol. The molecule has 0 aliphatic heterocycles. The molecule has 0 aliphatic carbocycles. The summed E-state index contributed by atoms with van der Waals surface area (Å²) in [7, 11) is 0. The SMILES string of the molecule is CC(=O)c1cc(C(=O)NCc2ccc(F)c(OC(F)F)c2)nc2ccnn12. The second-order valence-corrected chi connectivity index (χ2v) is 5.51. The van der Waals surface area contributed by atoms with Crippen LogP contribution in [0.1, 0.15) is 33.5 Å². The van der Waals surface area contributed by atoms with Gasteiger partial charge in [-0.05, 0) is 23.8 Å². The minimum Gasteiger partial charge on any atom is -0.432 e. The number of nitrogens with one attached hydrogen (secondary N) is 1. The number of Topliss-reactive ketones (excluding diaryl/α,β-unsaturated/α-hetero) is 1. The smallest absolute Gasteiger partial charge is 0.387 e. The number of aromatic nitrogens is 3. The molecule has 1 aromatic carbocycles. The number of rotatable bonds is 6. The predicted octanol–water partition coefficient (Wildman–Crippen LogP) is 2.60. The van der Waals surface area contributed by atoms with Gasteiger partial charge >= 0.3 is 6.61 Å². The molecule has 3 aromatic rings. The van der Waals surface area contributed by atoms with Gasteiger partial charge in [-0.2, -0.15) is 13.9 Å². The Bertz CT molecular complexity index is 1020. The molecule has 0 bridgehead atoms. The van der Waals surface area contributed by atoms with Gasteiger partial charge in [0.1, 0.15) is 11.4 Å². The van der Waals surface area contributed by atoms with E-state index in [1.807, 2.05) is 0 Å². The molecule has 7 nitrogen and oxygen atoms in total. The Balaban J connectivity index is 1.78. The van der Waals surface area contributed by atoms with Crippen molar-refractivity contribution in [3.8, 4) is 5.75 Å². The summed E-state index contributed by atoms with van der Waals surface area (Å²) in [6.45, 7) is -1.91. The maximum atomic E-state index is 13.4. The van der Waals surface area contributed by atoms with Gasteiger partial charge in [0.2, 0.25) is 0 Å². The summed E-state index contributed by atoms with van der Waals surface area (Å²) < 4.78 is 43.4. The van der Waals surface area contributed by atoms with Gasteiger partial charge in [0, 0.05) is 19.5 Å². The molecule has 27 heavy (non-hydrogen) atoms. The second kappa shape index (κ2) is 7.44. The Morgan fingerprint density at radius 3 is 2.74 bits per heavy atom. The maximum absolute atomic E-state index is 13.4. The van der Waals surface area contributed by atoms with E-state index in [1.165, 1.54) is 35.8 Å². The van der Waals surface area contributed by atoms with E-state index in [1.54, 1.807) is 0 Å². The topological polar surface area (TPSA) is 85.6 Å². The summed E-state index contributed by atoms with van der Waals surface area (Å²) in [6, 6.07) is 6.19. The molecule has 0 saturated carbocycles. The average molecular weight is 378 g/mol. The lowest BCUT2D eigenvalue weighted by atomic mass is 10.2. The van der Waals surface area contributed by atoms with E-state index in [-0.39, 0.29) is 23.7 Å². The average Bonchev–Trinajstić information content (AvgIpc) is 3.09. The van der Waals surface area contributed by atoms with Crippen molar-refractivity contribution in [1.82, 2.24) is 19.9 Å². The van der Waals surface area contributed by atoms with Crippen molar-refractivity contribution in [2.45, 2.75) is 20.1 Å². The molecule has 1 amide bonds. The number of amides is 1. The number of ether oxygens (including phenoxy) is 1. The van der Waals surface area contributed by atoms with Gasteiger partial charge in [-0.1, -0.05) is 6.07 Å². The summed E-state index contributed by atoms with van der Waals surface area (Å²) in [5, 5.41) is 6.50. The zero-order valence-electron chi connectivity index (χ0n) is 13.9. The molecule has 0 atom stereocenters. The Morgan fingerprint density at radius 1 is 1.26 bits per heavy atom. The molecule has 0 spiro atoms. The van der Waals surface area contributed by atoms with Crippen molar-refractivity contribution in [3.05, 3.63) is 59.3 Å². The normalized spacial score (nSPS) is 11.0. The fraction of sp³-hybridized carbons (Fsp3) is 0.176. The van der Waals surface area contributed by atoms with Crippen LogP contribution in [0, 0.1) is 5.82 Å². The lowest BCUT2D eigenvalue weighted by Crippen LogP contribution is -2.25. The van der Waals surface area contributed by atoms with Crippen LogP contribution >= 0.6 is 0 Å². The first-order valence-electron chi connectivity index (χ1n) is 7.72. The monoisotopic (exact) mass is 378 g/mol. The van der Waals surface area contributed by atoms with Crippen molar-refractivity contribution in [2.75, 3.05) is 0 Å². The van der Waals surface area contributed by atoms with Gasteiger partial charge in [0.05, 0.1) is 6.20 Å². The second-order valence-electron chi connectivity index (χ2n) is 5.51. The van der Waals surface area contributed by atoms with E-state index in [0.717, 1.165) is 12.1 Å². The minimum atomic E-state index is -3.17. The number of alkyl halides is 2. The Kier molecular flexibility index (Phi) is 5.06. The summed E-state index contributed by atoms with van der Waals surface area (Å²) in [5.41, 5.74) is 0.837. The first-order valence-corrected chi connectivity index (χ1v) is 7.72. The lowest BCUT2D eigenvalue weighted by Gasteiger charge is -2.10. The molecular formula is C17H13F3N4O3. The fourth-order valence-corrected chi connectivity index (χ4v) is 2.40. The number of benzene rings is 1. The number of ketones is 1. The molecular weight excluding hydrogens is 365 g/mol. The number of carbonyl (C=O) groups excluding carboxylic acids is 2. The third-order valence-corrected chi connectivity index (χ3v) is 3.62. The first-order chi connectivity index (χ1) is 12.8. The van der Waals surface area contributed by atoms with Crippen LogP contribution in [0.2, 0.25) is 0 Å². The molecule has 0 unspecified atom stereocenters. The van der Waals surface area contributed by atoms with Crippen molar-refractivity contribution >= 4 is 17.3 Å². The van der Waals surface area contributed by atoms with E-state index in [9.17, 15) is 22.8 Å². The van der Waals surface area contributed by atoms with E-state index in [0.29, 0.717) is 11.2 Å². The highest BCUT2D eigenvalue weighted by Crippen LogP contribution is 2.21. The Labute approximate surface area is 150 Å². The van der Waals surface area contributed by atoms with Gasteiger partial charge in [-0.25, -0.2) is 13.9 Å². The molecule has 3 rings (SSSR count). The highest BCUT2D eigenvalue weighted by molar-refractivity contribution is 5.98. The minimum absolute atomic E-state index is 0.0145. The number of hydrogen-bond acceptors (Lipinski definition) is 5. The third-order valence-electron chi connectivity index (χ3n) is 3.62.